The number of rotatable bonds is 1. The van der Waals surface area contributed by atoms with E-state index < -0.39 is 0 Å². The molecule has 1 aromatic carbocycles. The zero-order valence-corrected chi connectivity index (χ0v) is 19.2. The van der Waals surface area contributed by atoms with Gasteiger partial charge in [0.15, 0.2) is 0 Å². The summed E-state index contributed by atoms with van der Waals surface area (Å²) >= 11 is 0. The molecule has 6 heteroatoms. The molecule has 108 valence electrons. The standard InChI is InChI=1S/C16H16N4.2Y/c1-9-10(2)12(4)15(13(5)11(9)3)14-6-17-16-18-8-19-20(16)7-14;;/h8H,1-5H3;;/q-2;;. The summed E-state index contributed by atoms with van der Waals surface area (Å²) in [6.07, 6.45) is 7.72. The van der Waals surface area contributed by atoms with Crippen LogP contribution in [0.4, 0.5) is 0 Å². The number of aromatic nitrogens is 4. The molecule has 3 rings (SSSR count). The van der Waals surface area contributed by atoms with Gasteiger partial charge in [-0.1, -0.05) is 25.0 Å². The van der Waals surface area contributed by atoms with E-state index in [1.165, 1.54) is 34.1 Å². The van der Waals surface area contributed by atoms with Gasteiger partial charge < -0.3 is 9.50 Å². The third-order valence-corrected chi connectivity index (χ3v) is 4.27. The quantitative estimate of drug-likeness (QED) is 0.545. The van der Waals surface area contributed by atoms with Crippen molar-refractivity contribution in [2.75, 3.05) is 0 Å². The minimum Gasteiger partial charge on any atom is -0.423 e. The predicted molar refractivity (Wildman–Crippen MR) is 77.6 cm³/mol. The Balaban J connectivity index is 0.00000121. The molecule has 2 radical (unpaired) electrons. The molecule has 4 nitrogen and oxygen atoms in total. The van der Waals surface area contributed by atoms with E-state index in [-0.39, 0.29) is 65.4 Å². The summed E-state index contributed by atoms with van der Waals surface area (Å²) in [6, 6.07) is 0. The largest absolute Gasteiger partial charge is 0.423 e. The summed E-state index contributed by atoms with van der Waals surface area (Å²) in [5.74, 6) is 0.518. The third-order valence-electron chi connectivity index (χ3n) is 4.27. The maximum Gasteiger partial charge on any atom is 0.117 e. The fourth-order valence-electron chi connectivity index (χ4n) is 2.61. The van der Waals surface area contributed by atoms with Gasteiger partial charge in [0.2, 0.25) is 0 Å². The van der Waals surface area contributed by atoms with Crippen molar-refractivity contribution in [3.05, 3.63) is 46.5 Å². The van der Waals surface area contributed by atoms with Gasteiger partial charge in [0, 0.05) is 65.4 Å². The fraction of sp³-hybridized carbons (Fsp3) is 0.312. The van der Waals surface area contributed by atoms with Crippen molar-refractivity contribution < 1.29 is 65.4 Å². The molecular weight excluding hydrogens is 426 g/mol. The molecule has 2 aromatic heterocycles. The molecular formula is C16H16N4Y2-2. The molecule has 0 aliphatic rings. The van der Waals surface area contributed by atoms with Crippen LogP contribution in [0.1, 0.15) is 27.8 Å². The molecule has 0 amide bonds. The molecule has 2 heterocycles. The Morgan fingerprint density at radius 1 is 0.864 bits per heavy atom. The number of fused-ring (bicyclic) bond motifs is 1. The first kappa shape index (κ1) is 20.0. The monoisotopic (exact) mass is 442 g/mol. The average molecular weight is 442 g/mol. The molecule has 0 spiro atoms. The average Bonchev–Trinajstić information content (AvgIpc) is 2.91. The molecule has 0 atom stereocenters. The van der Waals surface area contributed by atoms with Crippen molar-refractivity contribution in [3.8, 4) is 11.1 Å². The second-order valence-corrected chi connectivity index (χ2v) is 5.18. The SMILES string of the molecule is Cc1c(C)c(C)c(-c2[c-]nc3ncnn3[c-]2)c(C)c1C.[Y].[Y]. The van der Waals surface area contributed by atoms with Crippen LogP contribution in [0.15, 0.2) is 6.33 Å². The summed E-state index contributed by atoms with van der Waals surface area (Å²) in [5, 5.41) is 4.09. The van der Waals surface area contributed by atoms with E-state index in [4.69, 9.17) is 0 Å². The van der Waals surface area contributed by atoms with Crippen molar-refractivity contribution >= 4 is 5.78 Å². The zero-order chi connectivity index (χ0) is 14.4. The first-order chi connectivity index (χ1) is 9.50. The molecule has 0 saturated heterocycles. The Morgan fingerprint density at radius 3 is 2.00 bits per heavy atom. The second-order valence-electron chi connectivity index (χ2n) is 5.18. The summed E-state index contributed by atoms with van der Waals surface area (Å²) in [7, 11) is 0. The van der Waals surface area contributed by atoms with Crippen LogP contribution in [-0.4, -0.2) is 19.6 Å². The Labute approximate surface area is 181 Å². The van der Waals surface area contributed by atoms with Crippen LogP contribution < -0.4 is 0 Å². The predicted octanol–water partition coefficient (Wildman–Crippen LogP) is 2.93. The minimum absolute atomic E-state index is 0. The maximum atomic E-state index is 4.21. The third kappa shape index (κ3) is 3.26. The summed E-state index contributed by atoms with van der Waals surface area (Å²) < 4.78 is 1.56. The van der Waals surface area contributed by atoms with Crippen molar-refractivity contribution in [3.63, 3.8) is 0 Å². The number of hydrogen-bond donors (Lipinski definition) is 0. The summed E-state index contributed by atoms with van der Waals surface area (Å²) in [4.78, 5) is 8.24. The van der Waals surface area contributed by atoms with Gasteiger partial charge >= 0.3 is 0 Å². The van der Waals surface area contributed by atoms with E-state index in [0.717, 1.165) is 11.1 Å². The Morgan fingerprint density at radius 2 is 1.41 bits per heavy atom. The van der Waals surface area contributed by atoms with Crippen LogP contribution >= 0.6 is 0 Å². The van der Waals surface area contributed by atoms with Gasteiger partial charge in [0.05, 0.1) is 5.78 Å². The Bertz CT molecular complexity index is 795. The maximum absolute atomic E-state index is 4.21. The van der Waals surface area contributed by atoms with Crippen LogP contribution in [0.2, 0.25) is 0 Å². The fourth-order valence-corrected chi connectivity index (χ4v) is 2.61. The van der Waals surface area contributed by atoms with E-state index >= 15 is 0 Å². The molecule has 0 saturated carbocycles. The minimum atomic E-state index is 0. The van der Waals surface area contributed by atoms with Gasteiger partial charge in [0.1, 0.15) is 6.33 Å². The smallest absolute Gasteiger partial charge is 0.117 e. The molecule has 0 unspecified atom stereocenters. The van der Waals surface area contributed by atoms with Crippen LogP contribution in [-0.2, 0) is 65.4 Å². The van der Waals surface area contributed by atoms with Crippen molar-refractivity contribution in [2.24, 2.45) is 0 Å². The Hall–Kier alpha value is -0.0222. The van der Waals surface area contributed by atoms with Gasteiger partial charge in [-0.3, -0.25) is 4.98 Å². The normalized spacial score (nSPS) is 10.2. The second kappa shape index (κ2) is 7.70. The van der Waals surface area contributed by atoms with E-state index in [2.05, 4.69) is 62.1 Å². The topological polar surface area (TPSA) is 43.1 Å². The number of benzene rings is 1. The molecule has 0 aliphatic heterocycles. The van der Waals surface area contributed by atoms with Crippen molar-refractivity contribution in [1.29, 1.82) is 0 Å². The molecule has 0 aliphatic carbocycles. The van der Waals surface area contributed by atoms with Crippen molar-refractivity contribution in [1.82, 2.24) is 19.6 Å². The van der Waals surface area contributed by atoms with Gasteiger partial charge in [-0.2, -0.15) is 23.1 Å². The number of hydrogen-bond acceptors (Lipinski definition) is 3. The van der Waals surface area contributed by atoms with Crippen LogP contribution in [0.3, 0.4) is 0 Å². The Kier molecular flexibility index (Phi) is 7.01. The van der Waals surface area contributed by atoms with Crippen LogP contribution in [0.5, 0.6) is 0 Å². The van der Waals surface area contributed by atoms with Gasteiger partial charge in [-0.05, 0) is 26.3 Å². The van der Waals surface area contributed by atoms with Gasteiger partial charge in [0.25, 0.3) is 0 Å². The van der Waals surface area contributed by atoms with Gasteiger partial charge in [-0.15, -0.1) is 11.1 Å². The van der Waals surface area contributed by atoms with E-state index in [1.807, 2.05) is 0 Å². The first-order valence-electron chi connectivity index (χ1n) is 6.58. The van der Waals surface area contributed by atoms with E-state index in [9.17, 15) is 0 Å². The number of nitrogens with zero attached hydrogens (tertiary/aromatic N) is 4. The van der Waals surface area contributed by atoms with Crippen LogP contribution in [0, 0.1) is 47.0 Å². The molecule has 0 bridgehead atoms. The van der Waals surface area contributed by atoms with E-state index in [1.54, 1.807) is 4.52 Å². The molecule has 0 N–H and O–H groups in total. The van der Waals surface area contributed by atoms with Crippen LogP contribution in [0.25, 0.3) is 16.9 Å². The van der Waals surface area contributed by atoms with Gasteiger partial charge in [-0.25, -0.2) is 5.56 Å². The summed E-state index contributed by atoms with van der Waals surface area (Å²) in [5.41, 5.74) is 8.45. The zero-order valence-electron chi connectivity index (χ0n) is 13.5. The molecule has 3 aromatic rings. The summed E-state index contributed by atoms with van der Waals surface area (Å²) in [6.45, 7) is 10.7. The molecule has 0 fully saturated rings. The molecule has 22 heavy (non-hydrogen) atoms. The van der Waals surface area contributed by atoms with E-state index in [0.29, 0.717) is 5.78 Å². The van der Waals surface area contributed by atoms with Crippen molar-refractivity contribution in [2.45, 2.75) is 34.6 Å². The first-order valence-corrected chi connectivity index (χ1v) is 6.58.